The van der Waals surface area contributed by atoms with Gasteiger partial charge in [-0.15, -0.1) is 0 Å². The number of nitrogens with one attached hydrogen (secondary N) is 1. The van der Waals surface area contributed by atoms with E-state index in [4.69, 9.17) is 0 Å². The molecule has 24 heavy (non-hydrogen) atoms. The van der Waals surface area contributed by atoms with Gasteiger partial charge in [-0.05, 0) is 37.8 Å². The Labute approximate surface area is 144 Å². The van der Waals surface area contributed by atoms with Crippen molar-refractivity contribution < 1.29 is 4.39 Å². The average molecular weight is 342 g/mol. The SMILES string of the molecule is Cc1nc(NCC2CC2)sc1-c1ccn(Cc2ccccc2F)n1. The van der Waals surface area contributed by atoms with E-state index in [1.54, 1.807) is 28.2 Å². The van der Waals surface area contributed by atoms with Gasteiger partial charge < -0.3 is 5.32 Å². The van der Waals surface area contributed by atoms with Crippen LogP contribution in [-0.4, -0.2) is 21.3 Å². The summed E-state index contributed by atoms with van der Waals surface area (Å²) in [6.07, 6.45) is 4.54. The highest BCUT2D eigenvalue weighted by Crippen LogP contribution is 2.33. The van der Waals surface area contributed by atoms with E-state index in [0.29, 0.717) is 12.1 Å². The minimum Gasteiger partial charge on any atom is -0.361 e. The Bertz CT molecular complexity index is 850. The average Bonchev–Trinajstić information content (AvgIpc) is 3.17. The molecule has 3 aromatic rings. The lowest BCUT2D eigenvalue weighted by molar-refractivity contribution is 0.586. The van der Waals surface area contributed by atoms with Gasteiger partial charge in [-0.2, -0.15) is 5.10 Å². The molecular formula is C18H19FN4S. The van der Waals surface area contributed by atoms with E-state index in [1.165, 1.54) is 18.9 Å². The number of aryl methyl sites for hydroxylation is 1. The smallest absolute Gasteiger partial charge is 0.183 e. The van der Waals surface area contributed by atoms with E-state index in [0.717, 1.165) is 33.9 Å². The molecule has 1 N–H and O–H groups in total. The first-order chi connectivity index (χ1) is 11.7. The molecule has 6 heteroatoms. The molecule has 1 aliphatic rings. The number of rotatable bonds is 6. The number of nitrogens with zero attached hydrogens (tertiary/aromatic N) is 3. The van der Waals surface area contributed by atoms with Crippen molar-refractivity contribution >= 4 is 16.5 Å². The monoisotopic (exact) mass is 342 g/mol. The molecule has 0 spiro atoms. The Morgan fingerprint density at radius 1 is 1.29 bits per heavy atom. The zero-order valence-corrected chi connectivity index (χ0v) is 14.3. The van der Waals surface area contributed by atoms with Crippen LogP contribution in [0.3, 0.4) is 0 Å². The largest absolute Gasteiger partial charge is 0.361 e. The maximum Gasteiger partial charge on any atom is 0.183 e. The minimum absolute atomic E-state index is 0.199. The van der Waals surface area contributed by atoms with Crippen molar-refractivity contribution in [1.82, 2.24) is 14.8 Å². The Hall–Kier alpha value is -2.21. The highest BCUT2D eigenvalue weighted by atomic mass is 32.1. The van der Waals surface area contributed by atoms with Crippen LogP contribution in [0.15, 0.2) is 36.5 Å². The number of hydrogen-bond acceptors (Lipinski definition) is 4. The lowest BCUT2D eigenvalue weighted by Crippen LogP contribution is -2.02. The van der Waals surface area contributed by atoms with Crippen molar-refractivity contribution in [1.29, 1.82) is 0 Å². The summed E-state index contributed by atoms with van der Waals surface area (Å²) in [4.78, 5) is 5.66. The van der Waals surface area contributed by atoms with Gasteiger partial charge in [0.25, 0.3) is 0 Å². The molecule has 1 aliphatic carbocycles. The van der Waals surface area contributed by atoms with Gasteiger partial charge in [-0.3, -0.25) is 4.68 Å². The second-order valence-corrected chi connectivity index (χ2v) is 7.25. The molecule has 0 amide bonds. The summed E-state index contributed by atoms with van der Waals surface area (Å²) in [5.41, 5.74) is 2.51. The zero-order chi connectivity index (χ0) is 16.5. The lowest BCUT2D eigenvalue weighted by Gasteiger charge is -2.03. The molecule has 2 aromatic heterocycles. The second-order valence-electron chi connectivity index (χ2n) is 6.25. The van der Waals surface area contributed by atoms with Gasteiger partial charge in [0.2, 0.25) is 0 Å². The molecule has 4 rings (SSSR count). The van der Waals surface area contributed by atoms with Gasteiger partial charge in [0, 0.05) is 18.3 Å². The van der Waals surface area contributed by atoms with Crippen molar-refractivity contribution in [3.8, 4) is 10.6 Å². The molecule has 1 aromatic carbocycles. The molecule has 0 aliphatic heterocycles. The molecule has 0 bridgehead atoms. The van der Waals surface area contributed by atoms with Crippen LogP contribution in [-0.2, 0) is 6.54 Å². The number of benzene rings is 1. The van der Waals surface area contributed by atoms with Crippen LogP contribution in [0.2, 0.25) is 0 Å². The van der Waals surface area contributed by atoms with E-state index < -0.39 is 0 Å². The Morgan fingerprint density at radius 2 is 2.12 bits per heavy atom. The van der Waals surface area contributed by atoms with Crippen molar-refractivity contribution in [2.24, 2.45) is 5.92 Å². The summed E-state index contributed by atoms with van der Waals surface area (Å²) in [5, 5.41) is 8.96. The first kappa shape index (κ1) is 15.3. The second kappa shape index (κ2) is 6.36. The number of thiazole rings is 1. The van der Waals surface area contributed by atoms with Gasteiger partial charge >= 0.3 is 0 Å². The Kier molecular flexibility index (Phi) is 4.06. The van der Waals surface area contributed by atoms with E-state index >= 15 is 0 Å². The van der Waals surface area contributed by atoms with Crippen molar-refractivity contribution in [2.45, 2.75) is 26.3 Å². The fourth-order valence-electron chi connectivity index (χ4n) is 2.64. The third kappa shape index (κ3) is 3.33. The first-order valence-corrected chi connectivity index (χ1v) is 8.99. The topological polar surface area (TPSA) is 42.7 Å². The molecule has 1 fully saturated rings. The minimum atomic E-state index is -0.199. The maximum absolute atomic E-state index is 13.8. The molecular weight excluding hydrogens is 323 g/mol. The van der Waals surface area contributed by atoms with Crippen molar-refractivity contribution in [3.05, 3.63) is 53.6 Å². The van der Waals surface area contributed by atoms with Crippen LogP contribution in [0, 0.1) is 18.7 Å². The third-order valence-corrected chi connectivity index (χ3v) is 5.34. The zero-order valence-electron chi connectivity index (χ0n) is 13.5. The number of halogens is 1. The van der Waals surface area contributed by atoms with Crippen molar-refractivity contribution in [2.75, 3.05) is 11.9 Å². The summed E-state index contributed by atoms with van der Waals surface area (Å²) in [7, 11) is 0. The number of anilines is 1. The van der Waals surface area contributed by atoms with Crippen LogP contribution in [0.5, 0.6) is 0 Å². The van der Waals surface area contributed by atoms with E-state index in [1.807, 2.05) is 25.3 Å². The summed E-state index contributed by atoms with van der Waals surface area (Å²) >= 11 is 1.63. The molecule has 0 unspecified atom stereocenters. The third-order valence-electron chi connectivity index (χ3n) is 4.20. The Morgan fingerprint density at radius 3 is 2.92 bits per heavy atom. The molecule has 2 heterocycles. The van der Waals surface area contributed by atoms with Gasteiger partial charge in [0.05, 0.1) is 17.1 Å². The van der Waals surface area contributed by atoms with Gasteiger partial charge in [0.1, 0.15) is 11.5 Å². The maximum atomic E-state index is 13.8. The predicted molar refractivity (Wildman–Crippen MR) is 94.8 cm³/mol. The number of aromatic nitrogens is 3. The summed E-state index contributed by atoms with van der Waals surface area (Å²) in [5.74, 6) is 0.618. The molecule has 0 radical (unpaired) electrons. The van der Waals surface area contributed by atoms with E-state index in [2.05, 4.69) is 15.4 Å². The molecule has 1 saturated carbocycles. The molecule has 4 nitrogen and oxygen atoms in total. The summed E-state index contributed by atoms with van der Waals surface area (Å²) in [6, 6.07) is 8.77. The molecule has 0 saturated heterocycles. The standard InChI is InChI=1S/C18H19FN4S/c1-12-17(24-18(21-12)20-10-13-6-7-13)16-8-9-23(22-16)11-14-4-2-3-5-15(14)19/h2-5,8-9,13H,6-7,10-11H2,1H3,(H,20,21). The molecule has 124 valence electrons. The Balaban J connectivity index is 1.50. The lowest BCUT2D eigenvalue weighted by atomic mass is 10.2. The van der Waals surface area contributed by atoms with E-state index in [-0.39, 0.29) is 5.82 Å². The van der Waals surface area contributed by atoms with Gasteiger partial charge in [0.15, 0.2) is 5.13 Å². The normalized spacial score (nSPS) is 14.1. The highest BCUT2D eigenvalue weighted by Gasteiger charge is 2.21. The summed E-state index contributed by atoms with van der Waals surface area (Å²) < 4.78 is 15.5. The van der Waals surface area contributed by atoms with Crippen LogP contribution < -0.4 is 5.32 Å². The van der Waals surface area contributed by atoms with Crippen LogP contribution in [0.25, 0.3) is 10.6 Å². The fraction of sp³-hybridized carbons (Fsp3) is 0.333. The molecule has 0 atom stereocenters. The predicted octanol–water partition coefficient (Wildman–Crippen LogP) is 4.32. The van der Waals surface area contributed by atoms with Crippen LogP contribution in [0.1, 0.15) is 24.1 Å². The van der Waals surface area contributed by atoms with E-state index in [9.17, 15) is 4.39 Å². The highest BCUT2D eigenvalue weighted by molar-refractivity contribution is 7.19. The van der Waals surface area contributed by atoms with Crippen LogP contribution >= 0.6 is 11.3 Å². The van der Waals surface area contributed by atoms with Crippen molar-refractivity contribution in [3.63, 3.8) is 0 Å². The van der Waals surface area contributed by atoms with Crippen LogP contribution in [0.4, 0.5) is 9.52 Å². The summed E-state index contributed by atoms with van der Waals surface area (Å²) in [6.45, 7) is 3.44. The van der Waals surface area contributed by atoms with Gasteiger partial charge in [-0.1, -0.05) is 29.5 Å². The fourth-order valence-corrected chi connectivity index (χ4v) is 3.57. The number of hydrogen-bond donors (Lipinski definition) is 1. The van der Waals surface area contributed by atoms with Gasteiger partial charge in [-0.25, -0.2) is 9.37 Å². The quantitative estimate of drug-likeness (QED) is 0.725. The first-order valence-electron chi connectivity index (χ1n) is 8.17.